The molecule has 3 heteroatoms. The highest BCUT2D eigenvalue weighted by atomic mass is 16.2. The molecular weight excluding hydrogens is 236 g/mol. The third-order valence-corrected chi connectivity index (χ3v) is 4.16. The fourth-order valence-corrected chi connectivity index (χ4v) is 2.81. The number of amides is 1. The summed E-state index contributed by atoms with van der Waals surface area (Å²) < 4.78 is 0. The van der Waals surface area contributed by atoms with Crippen molar-refractivity contribution >= 4 is 5.91 Å². The highest BCUT2D eigenvalue weighted by Crippen LogP contribution is 2.27. The topological polar surface area (TPSA) is 32.3 Å². The van der Waals surface area contributed by atoms with E-state index in [0.717, 1.165) is 26.1 Å². The normalized spacial score (nSPS) is 22.7. The van der Waals surface area contributed by atoms with Gasteiger partial charge in [-0.05, 0) is 24.8 Å². The second-order valence-corrected chi connectivity index (χ2v) is 5.71. The second-order valence-electron chi connectivity index (χ2n) is 5.71. The maximum Gasteiger partial charge on any atom is 0.223 e. The quantitative estimate of drug-likeness (QED) is 0.877. The summed E-state index contributed by atoms with van der Waals surface area (Å²) in [6, 6.07) is 11.3. The molecule has 1 aliphatic heterocycles. The number of nitrogens with zero attached hydrogens (tertiary/aromatic N) is 1. The molecule has 1 heterocycles. The molecule has 1 aromatic rings. The van der Waals surface area contributed by atoms with Crippen molar-refractivity contribution in [3.05, 3.63) is 35.9 Å². The van der Waals surface area contributed by atoms with E-state index in [-0.39, 0.29) is 0 Å². The molecular formula is C16H22N2O. The van der Waals surface area contributed by atoms with E-state index in [2.05, 4.69) is 29.6 Å². The third-order valence-electron chi connectivity index (χ3n) is 4.16. The van der Waals surface area contributed by atoms with Gasteiger partial charge in [-0.15, -0.1) is 0 Å². The Labute approximate surface area is 115 Å². The lowest BCUT2D eigenvalue weighted by atomic mass is 9.99. The lowest BCUT2D eigenvalue weighted by Crippen LogP contribution is -2.31. The Morgan fingerprint density at radius 2 is 2.00 bits per heavy atom. The first-order chi connectivity index (χ1) is 9.33. The first-order valence-electron chi connectivity index (χ1n) is 7.39. The summed E-state index contributed by atoms with van der Waals surface area (Å²) in [7, 11) is 0. The molecule has 1 N–H and O–H groups in total. The minimum Gasteiger partial charge on any atom is -0.342 e. The Bertz CT molecular complexity index is 428. The number of hydrogen-bond donors (Lipinski definition) is 1. The van der Waals surface area contributed by atoms with Crippen molar-refractivity contribution in [1.29, 1.82) is 0 Å². The van der Waals surface area contributed by atoms with Crippen LogP contribution in [0.2, 0.25) is 0 Å². The molecule has 0 radical (unpaired) electrons. The van der Waals surface area contributed by atoms with Crippen LogP contribution in [0.3, 0.4) is 0 Å². The van der Waals surface area contributed by atoms with Gasteiger partial charge in [-0.25, -0.2) is 0 Å². The first kappa shape index (κ1) is 12.7. The van der Waals surface area contributed by atoms with Crippen molar-refractivity contribution in [2.24, 2.45) is 0 Å². The van der Waals surface area contributed by atoms with Crippen molar-refractivity contribution in [3.63, 3.8) is 0 Å². The van der Waals surface area contributed by atoms with Crippen LogP contribution in [0.5, 0.6) is 0 Å². The smallest absolute Gasteiger partial charge is 0.223 e. The average molecular weight is 258 g/mol. The van der Waals surface area contributed by atoms with E-state index in [1.165, 1.54) is 18.4 Å². The fourth-order valence-electron chi connectivity index (χ4n) is 2.81. The Balaban J connectivity index is 1.46. The first-order valence-corrected chi connectivity index (χ1v) is 7.39. The van der Waals surface area contributed by atoms with Gasteiger partial charge in [0, 0.05) is 38.0 Å². The summed E-state index contributed by atoms with van der Waals surface area (Å²) in [6.45, 7) is 2.66. The minimum absolute atomic E-state index is 0.312. The molecule has 3 rings (SSSR count). The van der Waals surface area contributed by atoms with E-state index in [4.69, 9.17) is 0 Å². The predicted octanol–water partition coefficient (Wildman–Crippen LogP) is 2.14. The molecule has 1 aliphatic carbocycles. The maximum atomic E-state index is 12.1. The van der Waals surface area contributed by atoms with Gasteiger partial charge in [0.25, 0.3) is 0 Å². The predicted molar refractivity (Wildman–Crippen MR) is 76.0 cm³/mol. The van der Waals surface area contributed by atoms with Crippen LogP contribution in [0.1, 0.15) is 37.2 Å². The summed E-state index contributed by atoms with van der Waals surface area (Å²) in [5, 5.41) is 3.41. The van der Waals surface area contributed by atoms with Gasteiger partial charge in [0.05, 0.1) is 0 Å². The molecule has 102 valence electrons. The largest absolute Gasteiger partial charge is 0.342 e. The van der Waals surface area contributed by atoms with E-state index >= 15 is 0 Å². The van der Waals surface area contributed by atoms with Crippen LogP contribution in [0.15, 0.2) is 30.3 Å². The van der Waals surface area contributed by atoms with Crippen LogP contribution in [0, 0.1) is 0 Å². The zero-order valence-corrected chi connectivity index (χ0v) is 11.3. The zero-order valence-electron chi connectivity index (χ0n) is 11.3. The summed E-state index contributed by atoms with van der Waals surface area (Å²) in [5.74, 6) is 0.841. The number of benzene rings is 1. The molecule has 1 atom stereocenters. The van der Waals surface area contributed by atoms with Crippen molar-refractivity contribution in [2.75, 3.05) is 19.6 Å². The minimum atomic E-state index is 0.312. The van der Waals surface area contributed by atoms with Crippen LogP contribution in [0.4, 0.5) is 0 Å². The Morgan fingerprint density at radius 3 is 2.74 bits per heavy atom. The van der Waals surface area contributed by atoms with Gasteiger partial charge in [-0.3, -0.25) is 4.79 Å². The molecule has 0 aromatic heterocycles. The number of carbonyl (C=O) groups is 1. The molecule has 1 saturated heterocycles. The standard InChI is InChI=1S/C16H22N2O/c19-16(8-10-17-15-6-7-15)18-11-9-14(12-18)13-4-2-1-3-5-13/h1-5,14-15,17H,6-12H2. The lowest BCUT2D eigenvalue weighted by Gasteiger charge is -2.17. The molecule has 2 fully saturated rings. The number of likely N-dealkylation sites (tertiary alicyclic amines) is 1. The maximum absolute atomic E-state index is 12.1. The summed E-state index contributed by atoms with van der Waals surface area (Å²) in [6.07, 6.45) is 4.33. The number of carbonyl (C=O) groups excluding carboxylic acids is 1. The van der Waals surface area contributed by atoms with Gasteiger partial charge in [-0.1, -0.05) is 30.3 Å². The second kappa shape index (κ2) is 5.74. The van der Waals surface area contributed by atoms with Crippen LogP contribution in [-0.2, 0) is 4.79 Å². The van der Waals surface area contributed by atoms with Crippen LogP contribution in [-0.4, -0.2) is 36.5 Å². The van der Waals surface area contributed by atoms with Gasteiger partial charge in [0.15, 0.2) is 0 Å². The van der Waals surface area contributed by atoms with Crippen molar-refractivity contribution < 1.29 is 4.79 Å². The van der Waals surface area contributed by atoms with E-state index in [1.54, 1.807) is 0 Å². The molecule has 1 amide bonds. The monoisotopic (exact) mass is 258 g/mol. The van der Waals surface area contributed by atoms with Gasteiger partial charge in [-0.2, -0.15) is 0 Å². The number of rotatable bonds is 5. The van der Waals surface area contributed by atoms with Gasteiger partial charge in [0.2, 0.25) is 5.91 Å². The Hall–Kier alpha value is -1.35. The molecule has 0 bridgehead atoms. The third kappa shape index (κ3) is 3.35. The summed E-state index contributed by atoms with van der Waals surface area (Å²) in [5.41, 5.74) is 1.37. The Kier molecular flexibility index (Phi) is 3.83. The Morgan fingerprint density at radius 1 is 1.21 bits per heavy atom. The molecule has 1 aromatic carbocycles. The van der Waals surface area contributed by atoms with Crippen molar-refractivity contribution in [3.8, 4) is 0 Å². The molecule has 1 saturated carbocycles. The van der Waals surface area contributed by atoms with Crippen LogP contribution in [0.25, 0.3) is 0 Å². The van der Waals surface area contributed by atoms with E-state index in [1.807, 2.05) is 11.0 Å². The molecule has 2 aliphatic rings. The number of hydrogen-bond acceptors (Lipinski definition) is 2. The molecule has 0 spiro atoms. The number of nitrogens with one attached hydrogen (secondary N) is 1. The van der Waals surface area contributed by atoms with E-state index in [0.29, 0.717) is 24.3 Å². The van der Waals surface area contributed by atoms with Crippen LogP contribution >= 0.6 is 0 Å². The fraction of sp³-hybridized carbons (Fsp3) is 0.562. The highest BCUT2D eigenvalue weighted by Gasteiger charge is 2.27. The zero-order chi connectivity index (χ0) is 13.1. The van der Waals surface area contributed by atoms with Crippen molar-refractivity contribution in [1.82, 2.24) is 10.2 Å². The average Bonchev–Trinajstić information content (AvgIpc) is 3.13. The SMILES string of the molecule is O=C(CCNC1CC1)N1CCC(c2ccccc2)C1. The van der Waals surface area contributed by atoms with Gasteiger partial charge >= 0.3 is 0 Å². The van der Waals surface area contributed by atoms with Crippen molar-refractivity contribution in [2.45, 2.75) is 37.6 Å². The van der Waals surface area contributed by atoms with Gasteiger partial charge in [0.1, 0.15) is 0 Å². The molecule has 1 unspecified atom stereocenters. The van der Waals surface area contributed by atoms with E-state index in [9.17, 15) is 4.79 Å². The van der Waals surface area contributed by atoms with Gasteiger partial charge < -0.3 is 10.2 Å². The summed E-state index contributed by atoms with van der Waals surface area (Å²) in [4.78, 5) is 14.1. The van der Waals surface area contributed by atoms with Crippen LogP contribution < -0.4 is 5.32 Å². The summed E-state index contributed by atoms with van der Waals surface area (Å²) >= 11 is 0. The molecule has 19 heavy (non-hydrogen) atoms. The molecule has 3 nitrogen and oxygen atoms in total. The highest BCUT2D eigenvalue weighted by molar-refractivity contribution is 5.76. The van der Waals surface area contributed by atoms with E-state index < -0.39 is 0 Å². The lowest BCUT2D eigenvalue weighted by molar-refractivity contribution is -0.130.